The van der Waals surface area contributed by atoms with Crippen LogP contribution in [-0.2, 0) is 17.8 Å². The van der Waals surface area contributed by atoms with Gasteiger partial charge < -0.3 is 21.5 Å². The van der Waals surface area contributed by atoms with Crippen LogP contribution in [-0.4, -0.2) is 40.5 Å². The van der Waals surface area contributed by atoms with E-state index >= 15 is 0 Å². The largest absolute Gasteiger partial charge is 0.465 e. The third kappa shape index (κ3) is 7.03. The molecule has 200 valence electrons. The van der Waals surface area contributed by atoms with Crippen molar-refractivity contribution in [2.75, 3.05) is 17.6 Å². The van der Waals surface area contributed by atoms with Gasteiger partial charge in [0.05, 0.1) is 11.4 Å². The van der Waals surface area contributed by atoms with E-state index in [2.05, 4.69) is 10.6 Å². The number of likely N-dealkylation sites (N-methyl/N-ethyl adjacent to an activating group) is 1. The molecule has 0 aliphatic rings. The summed E-state index contributed by atoms with van der Waals surface area (Å²) >= 11 is 1.59. The van der Waals surface area contributed by atoms with Gasteiger partial charge in [0, 0.05) is 25.1 Å². The normalized spacial score (nSPS) is 11.4. The first kappa shape index (κ1) is 27.4. The van der Waals surface area contributed by atoms with Gasteiger partial charge in [-0.05, 0) is 70.3 Å². The van der Waals surface area contributed by atoms with E-state index in [-0.39, 0.29) is 24.8 Å². The number of nitrogens with one attached hydrogen (secondary N) is 2. The zero-order chi connectivity index (χ0) is 27.8. The molecule has 9 heteroatoms. The standard InChI is InChI=1S/C30H30N4O4S/c1-2-32-29(36)27(34(30(37)38)18-21-6-4-3-5-7-21)16-20-8-10-22(11-9-20)28(35)33-26-17-23(12-13-25(26)31)24-14-15-39-19-24/h3-15,17,19,27H,2,16,18,31H2,1H3,(H,32,36)(H,33,35)(H,37,38)/t27-/m0/s1. The van der Waals surface area contributed by atoms with Gasteiger partial charge in [0.15, 0.2) is 0 Å². The molecule has 3 aromatic carbocycles. The van der Waals surface area contributed by atoms with Crippen LogP contribution < -0.4 is 16.4 Å². The van der Waals surface area contributed by atoms with E-state index in [4.69, 9.17) is 5.73 Å². The lowest BCUT2D eigenvalue weighted by Crippen LogP contribution is -2.50. The third-order valence-corrected chi connectivity index (χ3v) is 6.96. The molecule has 1 heterocycles. The molecule has 39 heavy (non-hydrogen) atoms. The van der Waals surface area contributed by atoms with Gasteiger partial charge in [-0.15, -0.1) is 0 Å². The van der Waals surface area contributed by atoms with Gasteiger partial charge in [-0.2, -0.15) is 11.3 Å². The SMILES string of the molecule is CCNC(=O)[C@H](Cc1ccc(C(=O)Nc2cc(-c3ccsc3)ccc2N)cc1)N(Cc1ccccc1)C(=O)O. The molecular weight excluding hydrogens is 512 g/mol. The average Bonchev–Trinajstić information content (AvgIpc) is 3.48. The Hall–Kier alpha value is -4.63. The highest BCUT2D eigenvalue weighted by molar-refractivity contribution is 7.08. The van der Waals surface area contributed by atoms with Crippen molar-refractivity contribution < 1.29 is 19.5 Å². The van der Waals surface area contributed by atoms with Crippen molar-refractivity contribution in [3.05, 3.63) is 106 Å². The van der Waals surface area contributed by atoms with E-state index in [9.17, 15) is 19.5 Å². The Bertz CT molecular complexity index is 1420. The van der Waals surface area contributed by atoms with E-state index in [1.807, 2.05) is 59.3 Å². The predicted molar refractivity (Wildman–Crippen MR) is 155 cm³/mol. The van der Waals surface area contributed by atoms with Gasteiger partial charge in [0.1, 0.15) is 6.04 Å². The lowest BCUT2D eigenvalue weighted by Gasteiger charge is -2.28. The number of nitrogen functional groups attached to an aromatic ring is 1. The van der Waals surface area contributed by atoms with Crippen LogP contribution in [0, 0.1) is 0 Å². The van der Waals surface area contributed by atoms with E-state index in [0.29, 0.717) is 23.5 Å². The molecule has 0 spiro atoms. The molecule has 0 aliphatic heterocycles. The molecule has 1 atom stereocenters. The van der Waals surface area contributed by atoms with Crippen molar-refractivity contribution in [1.29, 1.82) is 0 Å². The number of hydrogen-bond acceptors (Lipinski definition) is 5. The zero-order valence-electron chi connectivity index (χ0n) is 21.5. The van der Waals surface area contributed by atoms with Crippen molar-refractivity contribution >= 4 is 40.6 Å². The van der Waals surface area contributed by atoms with Crippen molar-refractivity contribution in [3.8, 4) is 11.1 Å². The number of nitrogens with zero attached hydrogens (tertiary/aromatic N) is 1. The summed E-state index contributed by atoms with van der Waals surface area (Å²) in [6.45, 7) is 2.24. The Morgan fingerprint density at radius 2 is 1.69 bits per heavy atom. The maximum atomic E-state index is 13.0. The Morgan fingerprint density at radius 3 is 2.33 bits per heavy atom. The van der Waals surface area contributed by atoms with Gasteiger partial charge in [-0.1, -0.05) is 48.5 Å². The Kier molecular flexibility index (Phi) is 8.96. The number of rotatable bonds is 10. The van der Waals surface area contributed by atoms with Crippen LogP contribution in [0.1, 0.15) is 28.4 Å². The Morgan fingerprint density at radius 1 is 0.949 bits per heavy atom. The van der Waals surface area contributed by atoms with Gasteiger partial charge in [-0.25, -0.2) is 4.79 Å². The maximum absolute atomic E-state index is 13.0. The second kappa shape index (κ2) is 12.7. The summed E-state index contributed by atoms with van der Waals surface area (Å²) in [6.07, 6.45) is -1.03. The smallest absolute Gasteiger partial charge is 0.408 e. The molecule has 5 N–H and O–H groups in total. The molecule has 8 nitrogen and oxygen atoms in total. The van der Waals surface area contributed by atoms with Crippen LogP contribution in [0.2, 0.25) is 0 Å². The highest BCUT2D eigenvalue weighted by Gasteiger charge is 2.30. The topological polar surface area (TPSA) is 125 Å². The summed E-state index contributed by atoms with van der Waals surface area (Å²) in [4.78, 5) is 39.2. The lowest BCUT2D eigenvalue weighted by molar-refractivity contribution is -0.126. The quantitative estimate of drug-likeness (QED) is 0.198. The monoisotopic (exact) mass is 542 g/mol. The molecular formula is C30H30N4O4S. The molecule has 0 aliphatic carbocycles. The molecule has 0 saturated carbocycles. The number of hydrogen-bond donors (Lipinski definition) is 4. The number of carbonyl (C=O) groups is 3. The number of anilines is 2. The zero-order valence-corrected chi connectivity index (χ0v) is 22.3. The van der Waals surface area contributed by atoms with Crippen molar-refractivity contribution in [2.24, 2.45) is 0 Å². The molecule has 0 saturated heterocycles. The first-order valence-electron chi connectivity index (χ1n) is 12.5. The van der Waals surface area contributed by atoms with Crippen LogP contribution in [0.25, 0.3) is 11.1 Å². The van der Waals surface area contributed by atoms with E-state index in [1.54, 1.807) is 48.6 Å². The van der Waals surface area contributed by atoms with Crippen LogP contribution in [0.5, 0.6) is 0 Å². The highest BCUT2D eigenvalue weighted by atomic mass is 32.1. The minimum absolute atomic E-state index is 0.0737. The van der Waals surface area contributed by atoms with Crippen molar-refractivity contribution in [2.45, 2.75) is 25.9 Å². The first-order chi connectivity index (χ1) is 18.9. The van der Waals surface area contributed by atoms with Crippen molar-refractivity contribution in [1.82, 2.24) is 10.2 Å². The van der Waals surface area contributed by atoms with Gasteiger partial charge >= 0.3 is 6.09 Å². The van der Waals surface area contributed by atoms with Gasteiger partial charge in [0.25, 0.3) is 5.91 Å². The fraction of sp³-hybridized carbons (Fsp3) is 0.167. The predicted octanol–water partition coefficient (Wildman–Crippen LogP) is 5.48. The summed E-state index contributed by atoms with van der Waals surface area (Å²) < 4.78 is 0. The Labute approximate surface area is 231 Å². The molecule has 1 aromatic heterocycles. The maximum Gasteiger partial charge on any atom is 0.408 e. The summed E-state index contributed by atoms with van der Waals surface area (Å²) in [5.41, 5.74) is 11.0. The van der Waals surface area contributed by atoms with E-state index in [1.165, 1.54) is 0 Å². The number of thiophene rings is 1. The molecule has 0 fully saturated rings. The number of amides is 3. The molecule has 0 bridgehead atoms. The number of benzene rings is 3. The molecule has 0 unspecified atom stereocenters. The van der Waals surface area contributed by atoms with Crippen LogP contribution >= 0.6 is 11.3 Å². The lowest BCUT2D eigenvalue weighted by atomic mass is 10.0. The molecule has 0 radical (unpaired) electrons. The summed E-state index contributed by atoms with van der Waals surface area (Å²) in [6, 6.07) is 22.5. The highest BCUT2D eigenvalue weighted by Crippen LogP contribution is 2.29. The molecule has 3 amide bonds. The van der Waals surface area contributed by atoms with Crippen LogP contribution in [0.4, 0.5) is 16.2 Å². The number of carboxylic acid groups (broad SMARTS) is 1. The van der Waals surface area contributed by atoms with Crippen LogP contribution in [0.15, 0.2) is 89.6 Å². The molecule has 4 aromatic rings. The fourth-order valence-corrected chi connectivity index (χ4v) is 4.88. The fourth-order valence-electron chi connectivity index (χ4n) is 4.21. The third-order valence-electron chi connectivity index (χ3n) is 6.27. The average molecular weight is 543 g/mol. The Balaban J connectivity index is 1.50. The minimum atomic E-state index is -1.19. The minimum Gasteiger partial charge on any atom is -0.465 e. The summed E-state index contributed by atoms with van der Waals surface area (Å²) in [5.74, 6) is -0.703. The first-order valence-corrected chi connectivity index (χ1v) is 13.4. The van der Waals surface area contributed by atoms with E-state index < -0.39 is 12.1 Å². The van der Waals surface area contributed by atoms with Gasteiger partial charge in [-0.3, -0.25) is 14.5 Å². The summed E-state index contributed by atoms with van der Waals surface area (Å²) in [5, 5.41) is 19.6. The second-order valence-corrected chi connectivity index (χ2v) is 9.76. The molecule has 4 rings (SSSR count). The number of nitrogens with two attached hydrogens (primary N) is 1. The summed E-state index contributed by atoms with van der Waals surface area (Å²) in [7, 11) is 0. The number of carbonyl (C=O) groups excluding carboxylic acids is 2. The second-order valence-electron chi connectivity index (χ2n) is 8.98. The van der Waals surface area contributed by atoms with Gasteiger partial charge in [0.2, 0.25) is 5.91 Å². The van der Waals surface area contributed by atoms with Crippen LogP contribution in [0.3, 0.4) is 0 Å². The van der Waals surface area contributed by atoms with E-state index in [0.717, 1.165) is 27.2 Å². The van der Waals surface area contributed by atoms with Crippen molar-refractivity contribution in [3.63, 3.8) is 0 Å².